The first kappa shape index (κ1) is 68.4. The number of ether oxygens (including phenoxy) is 2. The smallest absolute Gasteiger partial charge is 0.220 e. The van der Waals surface area contributed by atoms with Crippen molar-refractivity contribution in [3.05, 3.63) is 36.5 Å². The molecule has 424 valence electrons. The summed E-state index contributed by atoms with van der Waals surface area (Å²) in [6.45, 7) is 3.78. The molecular weight excluding hydrogens is 899 g/mol. The summed E-state index contributed by atoms with van der Waals surface area (Å²) in [7, 11) is 0. The number of carbonyl (C=O) groups is 1. The van der Waals surface area contributed by atoms with Crippen LogP contribution in [-0.2, 0) is 14.3 Å². The molecule has 9 heteroatoms. The van der Waals surface area contributed by atoms with E-state index < -0.39 is 49.5 Å². The zero-order valence-electron chi connectivity index (χ0n) is 47.2. The Bertz CT molecular complexity index is 1230. The summed E-state index contributed by atoms with van der Waals surface area (Å²) in [5, 5.41) is 54.3. The molecule has 0 bridgehead atoms. The highest BCUT2D eigenvalue weighted by Gasteiger charge is 2.44. The molecule has 7 atom stereocenters. The van der Waals surface area contributed by atoms with Crippen molar-refractivity contribution < 1.29 is 39.8 Å². The molecule has 1 saturated heterocycles. The van der Waals surface area contributed by atoms with Gasteiger partial charge in [-0.15, -0.1) is 0 Å². The molecule has 1 rings (SSSR count). The number of amides is 1. The van der Waals surface area contributed by atoms with Crippen LogP contribution in [0.5, 0.6) is 0 Å². The largest absolute Gasteiger partial charge is 0.394 e. The SMILES string of the molecule is CCCCCCCCCC/C=C/C(O)C(COC1OC(CO)C(O)C(O)C1O)NC(=O)CCCCCCCCCCCCCCCCCCC/C=C\C/C=C\CCCCCCCCCCCCCCCCC. The zero-order chi connectivity index (χ0) is 52.2. The first-order valence-electron chi connectivity index (χ1n) is 31.2. The number of nitrogens with one attached hydrogen (secondary N) is 1. The van der Waals surface area contributed by atoms with Gasteiger partial charge in [-0.25, -0.2) is 0 Å². The molecule has 0 saturated carbocycles. The normalized spacial score (nSPS) is 19.3. The Labute approximate surface area is 444 Å². The molecule has 1 fully saturated rings. The molecule has 0 aromatic carbocycles. The summed E-state index contributed by atoms with van der Waals surface area (Å²) in [6, 6.07) is -0.802. The second-order valence-corrected chi connectivity index (χ2v) is 21.9. The maximum atomic E-state index is 13.0. The molecule has 7 unspecified atom stereocenters. The predicted octanol–water partition coefficient (Wildman–Crippen LogP) is 15.9. The minimum atomic E-state index is -1.56. The van der Waals surface area contributed by atoms with Crippen molar-refractivity contribution in [3.63, 3.8) is 0 Å². The predicted molar refractivity (Wildman–Crippen MR) is 304 cm³/mol. The van der Waals surface area contributed by atoms with Gasteiger partial charge in [0.2, 0.25) is 5.91 Å². The van der Waals surface area contributed by atoms with Crippen molar-refractivity contribution in [2.24, 2.45) is 0 Å². The monoisotopic (exact) mass is 1020 g/mol. The lowest BCUT2D eigenvalue weighted by Gasteiger charge is -2.40. The maximum Gasteiger partial charge on any atom is 0.220 e. The molecule has 0 aliphatic carbocycles. The molecule has 1 heterocycles. The Hall–Kier alpha value is -1.59. The van der Waals surface area contributed by atoms with Crippen molar-refractivity contribution in [2.45, 2.75) is 346 Å². The molecule has 72 heavy (non-hydrogen) atoms. The fourth-order valence-electron chi connectivity index (χ4n) is 10.0. The standard InChI is InChI=1S/C63H119NO8/c1-3-5-7-9-11-13-15-16-17-18-19-20-21-22-23-24-25-26-27-28-29-30-31-32-33-34-35-36-37-38-39-40-41-42-43-45-47-49-51-53-59(67)64-56(55-71-63-62(70)61(69)60(68)58(54-65)72-63)57(66)52-50-48-46-44-14-12-10-8-6-4-2/h25-26,28-29,50,52,56-58,60-63,65-66,68-70H,3-24,27,30-49,51,53-55H2,1-2H3,(H,64,67)/b26-25-,29-28-,52-50+. The Balaban J connectivity index is 2.01. The second-order valence-electron chi connectivity index (χ2n) is 21.9. The van der Waals surface area contributed by atoms with Gasteiger partial charge >= 0.3 is 0 Å². The Morgan fingerprint density at radius 3 is 1.19 bits per heavy atom. The van der Waals surface area contributed by atoms with Crippen molar-refractivity contribution in [1.29, 1.82) is 0 Å². The van der Waals surface area contributed by atoms with Crippen molar-refractivity contribution in [2.75, 3.05) is 13.2 Å². The minimum absolute atomic E-state index is 0.176. The van der Waals surface area contributed by atoms with Crippen LogP contribution in [0.25, 0.3) is 0 Å². The lowest BCUT2D eigenvalue weighted by atomic mass is 9.99. The highest BCUT2D eigenvalue weighted by Crippen LogP contribution is 2.23. The lowest BCUT2D eigenvalue weighted by molar-refractivity contribution is -0.302. The van der Waals surface area contributed by atoms with Gasteiger partial charge in [-0.1, -0.05) is 281 Å². The fraction of sp³-hybridized carbons (Fsp3) is 0.889. The third kappa shape index (κ3) is 41.6. The summed E-state index contributed by atoms with van der Waals surface area (Å²) in [6.07, 6.45) is 62.7. The van der Waals surface area contributed by atoms with Crippen LogP contribution in [-0.4, -0.2) is 87.5 Å². The molecule has 1 aliphatic heterocycles. The number of allylic oxidation sites excluding steroid dienone is 5. The van der Waals surface area contributed by atoms with Crippen LogP contribution in [0.15, 0.2) is 36.5 Å². The Morgan fingerprint density at radius 2 is 0.819 bits per heavy atom. The minimum Gasteiger partial charge on any atom is -0.394 e. The number of hydrogen-bond acceptors (Lipinski definition) is 8. The van der Waals surface area contributed by atoms with E-state index >= 15 is 0 Å². The van der Waals surface area contributed by atoms with Gasteiger partial charge in [0.05, 0.1) is 25.4 Å². The van der Waals surface area contributed by atoms with Gasteiger partial charge in [0.15, 0.2) is 6.29 Å². The van der Waals surface area contributed by atoms with Gasteiger partial charge in [-0.2, -0.15) is 0 Å². The lowest BCUT2D eigenvalue weighted by Crippen LogP contribution is -2.60. The summed E-state index contributed by atoms with van der Waals surface area (Å²) < 4.78 is 11.2. The summed E-state index contributed by atoms with van der Waals surface area (Å²) in [4.78, 5) is 13.0. The molecule has 9 nitrogen and oxygen atoms in total. The van der Waals surface area contributed by atoms with E-state index in [2.05, 4.69) is 43.5 Å². The van der Waals surface area contributed by atoms with E-state index in [1.807, 2.05) is 6.08 Å². The summed E-state index contributed by atoms with van der Waals surface area (Å²) in [5.74, 6) is -0.176. The maximum absolute atomic E-state index is 13.0. The van der Waals surface area contributed by atoms with E-state index in [-0.39, 0.29) is 12.5 Å². The first-order valence-corrected chi connectivity index (χ1v) is 31.2. The molecule has 0 aromatic rings. The van der Waals surface area contributed by atoms with Gasteiger partial charge in [0.25, 0.3) is 0 Å². The third-order valence-electron chi connectivity index (χ3n) is 15.0. The van der Waals surface area contributed by atoms with Crippen molar-refractivity contribution >= 4 is 5.91 Å². The van der Waals surface area contributed by atoms with Gasteiger partial charge in [-0.05, 0) is 51.4 Å². The van der Waals surface area contributed by atoms with Gasteiger partial charge < -0.3 is 40.3 Å². The van der Waals surface area contributed by atoms with E-state index in [1.54, 1.807) is 6.08 Å². The van der Waals surface area contributed by atoms with Crippen LogP contribution in [0.1, 0.15) is 303 Å². The third-order valence-corrected chi connectivity index (χ3v) is 15.0. The Morgan fingerprint density at radius 1 is 0.472 bits per heavy atom. The quantitative estimate of drug-likeness (QED) is 0.0261. The topological polar surface area (TPSA) is 149 Å². The average Bonchev–Trinajstić information content (AvgIpc) is 3.38. The van der Waals surface area contributed by atoms with Crippen LogP contribution < -0.4 is 5.32 Å². The van der Waals surface area contributed by atoms with Gasteiger partial charge in [0.1, 0.15) is 24.4 Å². The second kappa shape index (κ2) is 52.8. The molecule has 1 amide bonds. The number of carbonyl (C=O) groups excluding carboxylic acids is 1. The molecule has 6 N–H and O–H groups in total. The molecule has 0 radical (unpaired) electrons. The van der Waals surface area contributed by atoms with Gasteiger partial charge in [0, 0.05) is 6.42 Å². The first-order chi connectivity index (χ1) is 35.3. The van der Waals surface area contributed by atoms with E-state index in [0.29, 0.717) is 6.42 Å². The molecular formula is C63H119NO8. The van der Waals surface area contributed by atoms with E-state index in [0.717, 1.165) is 44.9 Å². The van der Waals surface area contributed by atoms with Crippen LogP contribution in [0, 0.1) is 0 Å². The van der Waals surface area contributed by atoms with Crippen molar-refractivity contribution in [1.82, 2.24) is 5.32 Å². The molecule has 0 aromatic heterocycles. The van der Waals surface area contributed by atoms with E-state index in [1.165, 1.54) is 238 Å². The Kier molecular flexibility index (Phi) is 50.2. The summed E-state index contributed by atoms with van der Waals surface area (Å²) in [5.41, 5.74) is 0. The number of rotatable bonds is 54. The number of hydrogen-bond donors (Lipinski definition) is 6. The highest BCUT2D eigenvalue weighted by atomic mass is 16.7. The van der Waals surface area contributed by atoms with E-state index in [4.69, 9.17) is 9.47 Å². The van der Waals surface area contributed by atoms with Crippen molar-refractivity contribution in [3.8, 4) is 0 Å². The van der Waals surface area contributed by atoms with Crippen LogP contribution in [0.3, 0.4) is 0 Å². The highest BCUT2D eigenvalue weighted by molar-refractivity contribution is 5.76. The zero-order valence-corrected chi connectivity index (χ0v) is 47.2. The van der Waals surface area contributed by atoms with Gasteiger partial charge in [-0.3, -0.25) is 4.79 Å². The fourth-order valence-corrected chi connectivity index (χ4v) is 10.0. The number of aliphatic hydroxyl groups excluding tert-OH is 5. The summed E-state index contributed by atoms with van der Waals surface area (Å²) >= 11 is 0. The van der Waals surface area contributed by atoms with E-state index in [9.17, 15) is 30.3 Å². The average molecular weight is 1020 g/mol. The van der Waals surface area contributed by atoms with Crippen LogP contribution in [0.2, 0.25) is 0 Å². The van der Waals surface area contributed by atoms with Crippen LogP contribution >= 0.6 is 0 Å². The number of unbranched alkanes of at least 4 members (excludes halogenated alkanes) is 40. The van der Waals surface area contributed by atoms with Crippen LogP contribution in [0.4, 0.5) is 0 Å². The number of aliphatic hydroxyl groups is 5. The molecule has 0 spiro atoms. The molecule has 1 aliphatic rings.